The van der Waals surface area contributed by atoms with Crippen molar-refractivity contribution in [2.75, 3.05) is 14.2 Å². The van der Waals surface area contributed by atoms with Crippen molar-refractivity contribution in [1.29, 1.82) is 0 Å². The molecule has 4 heteroatoms. The van der Waals surface area contributed by atoms with E-state index in [1.807, 2.05) is 19.9 Å². The lowest BCUT2D eigenvalue weighted by molar-refractivity contribution is -0.0757. The fourth-order valence-electron chi connectivity index (χ4n) is 1.24. The monoisotopic (exact) mass is 223 g/mol. The zero-order valence-corrected chi connectivity index (χ0v) is 10.1. The normalized spacial score (nSPS) is 10.3. The second-order valence-corrected chi connectivity index (χ2v) is 3.68. The van der Waals surface area contributed by atoms with Gasteiger partial charge < -0.3 is 4.74 Å². The summed E-state index contributed by atoms with van der Waals surface area (Å²) >= 11 is 0. The Morgan fingerprint density at radius 1 is 1.38 bits per heavy atom. The van der Waals surface area contributed by atoms with Crippen molar-refractivity contribution in [2.24, 2.45) is 0 Å². The van der Waals surface area contributed by atoms with Gasteiger partial charge in [-0.1, -0.05) is 6.07 Å². The van der Waals surface area contributed by atoms with Crippen molar-refractivity contribution in [3.05, 3.63) is 29.8 Å². The van der Waals surface area contributed by atoms with Crippen LogP contribution >= 0.6 is 0 Å². The molecule has 0 unspecified atom stereocenters. The second kappa shape index (κ2) is 5.51. The topological polar surface area (TPSA) is 38.8 Å². The van der Waals surface area contributed by atoms with Crippen LogP contribution in [-0.2, 0) is 4.84 Å². The van der Waals surface area contributed by atoms with Crippen LogP contribution in [0.2, 0.25) is 0 Å². The van der Waals surface area contributed by atoms with Crippen LogP contribution in [0.3, 0.4) is 0 Å². The molecule has 88 valence electrons. The quantitative estimate of drug-likeness (QED) is 0.734. The number of nitrogens with zero attached hydrogens (tertiary/aromatic N) is 1. The molecule has 0 saturated carbocycles. The molecular formula is C12H17NO3. The summed E-state index contributed by atoms with van der Waals surface area (Å²) in [4.78, 5) is 16.6. The molecule has 1 aromatic rings. The third-order valence-corrected chi connectivity index (χ3v) is 2.01. The number of rotatable bonds is 4. The summed E-state index contributed by atoms with van der Waals surface area (Å²) in [6, 6.07) is 7.04. The number of carbonyl (C=O) groups is 1. The zero-order valence-electron chi connectivity index (χ0n) is 10.1. The summed E-state index contributed by atoms with van der Waals surface area (Å²) in [5.41, 5.74) is 0.544. The van der Waals surface area contributed by atoms with Gasteiger partial charge in [-0.25, -0.2) is 5.06 Å². The zero-order chi connectivity index (χ0) is 12.1. The Balaban J connectivity index is 2.85. The van der Waals surface area contributed by atoms with E-state index in [-0.39, 0.29) is 12.0 Å². The highest BCUT2D eigenvalue weighted by atomic mass is 16.7. The summed E-state index contributed by atoms with van der Waals surface area (Å²) in [7, 11) is 3.02. The molecule has 0 aliphatic heterocycles. The van der Waals surface area contributed by atoms with Gasteiger partial charge in [0.25, 0.3) is 5.91 Å². The highest BCUT2D eigenvalue weighted by Crippen LogP contribution is 2.16. The van der Waals surface area contributed by atoms with Gasteiger partial charge in [-0.3, -0.25) is 9.63 Å². The van der Waals surface area contributed by atoms with E-state index in [2.05, 4.69) is 0 Å². The van der Waals surface area contributed by atoms with E-state index in [1.165, 1.54) is 12.2 Å². The van der Waals surface area contributed by atoms with Crippen molar-refractivity contribution in [3.63, 3.8) is 0 Å². The van der Waals surface area contributed by atoms with E-state index in [1.54, 1.807) is 25.2 Å². The number of benzene rings is 1. The summed E-state index contributed by atoms with van der Waals surface area (Å²) in [6.07, 6.45) is 0.0884. The molecule has 0 aromatic heterocycles. The molecule has 4 nitrogen and oxygen atoms in total. The molecule has 16 heavy (non-hydrogen) atoms. The number of hydrogen-bond acceptors (Lipinski definition) is 3. The first kappa shape index (κ1) is 12.5. The van der Waals surface area contributed by atoms with E-state index < -0.39 is 0 Å². The Hall–Kier alpha value is -1.55. The van der Waals surface area contributed by atoms with Gasteiger partial charge in [0.2, 0.25) is 0 Å². The molecule has 1 rings (SSSR count). The molecule has 0 saturated heterocycles. The first-order valence-electron chi connectivity index (χ1n) is 5.13. The summed E-state index contributed by atoms with van der Waals surface area (Å²) in [5, 5.41) is 1.18. The molecule has 0 spiro atoms. The van der Waals surface area contributed by atoms with Gasteiger partial charge in [0.15, 0.2) is 0 Å². The van der Waals surface area contributed by atoms with Crippen LogP contribution in [-0.4, -0.2) is 31.2 Å². The maximum Gasteiger partial charge on any atom is 0.277 e. The average Bonchev–Trinajstić information content (AvgIpc) is 2.26. The Bertz CT molecular complexity index is 363. The van der Waals surface area contributed by atoms with Crippen LogP contribution in [0.5, 0.6) is 5.75 Å². The van der Waals surface area contributed by atoms with Crippen molar-refractivity contribution < 1.29 is 14.4 Å². The number of carbonyl (C=O) groups excluding carboxylic acids is 1. The lowest BCUT2D eigenvalue weighted by Crippen LogP contribution is -2.25. The number of hydroxylamine groups is 2. The molecule has 0 aliphatic rings. The molecule has 1 aromatic carbocycles. The van der Waals surface area contributed by atoms with Crippen LogP contribution in [0.4, 0.5) is 0 Å². The number of ether oxygens (including phenoxy) is 1. The van der Waals surface area contributed by atoms with E-state index in [0.717, 1.165) is 0 Å². The molecule has 0 heterocycles. The largest absolute Gasteiger partial charge is 0.491 e. The Morgan fingerprint density at radius 2 is 2.06 bits per heavy atom. The minimum atomic E-state index is -0.197. The van der Waals surface area contributed by atoms with Crippen molar-refractivity contribution in [1.82, 2.24) is 5.06 Å². The van der Waals surface area contributed by atoms with Gasteiger partial charge in [0, 0.05) is 12.6 Å². The highest BCUT2D eigenvalue weighted by molar-refractivity contribution is 5.93. The molecular weight excluding hydrogens is 206 g/mol. The first-order valence-corrected chi connectivity index (χ1v) is 5.13. The molecule has 0 N–H and O–H groups in total. The van der Waals surface area contributed by atoms with Gasteiger partial charge in [-0.05, 0) is 32.0 Å². The van der Waals surface area contributed by atoms with E-state index in [0.29, 0.717) is 11.3 Å². The highest BCUT2D eigenvalue weighted by Gasteiger charge is 2.11. The predicted molar refractivity (Wildman–Crippen MR) is 61.3 cm³/mol. The predicted octanol–water partition coefficient (Wildman–Crippen LogP) is 2.11. The standard InChI is InChI=1S/C12H17NO3/c1-9(2)16-11-7-5-6-10(8-11)12(14)13(3)15-4/h5-9H,1-4H3. The molecule has 0 atom stereocenters. The third kappa shape index (κ3) is 3.24. The van der Waals surface area contributed by atoms with Gasteiger partial charge in [0.05, 0.1) is 13.2 Å². The lowest BCUT2D eigenvalue weighted by atomic mass is 10.2. The number of hydrogen-bond donors (Lipinski definition) is 0. The average molecular weight is 223 g/mol. The van der Waals surface area contributed by atoms with Crippen LogP contribution in [0.15, 0.2) is 24.3 Å². The molecule has 0 aliphatic carbocycles. The second-order valence-electron chi connectivity index (χ2n) is 3.68. The molecule has 1 amide bonds. The van der Waals surface area contributed by atoms with E-state index >= 15 is 0 Å². The summed E-state index contributed by atoms with van der Waals surface area (Å²) in [5.74, 6) is 0.488. The number of amides is 1. The van der Waals surface area contributed by atoms with E-state index in [4.69, 9.17) is 9.57 Å². The fourth-order valence-corrected chi connectivity index (χ4v) is 1.24. The van der Waals surface area contributed by atoms with Crippen LogP contribution in [0.1, 0.15) is 24.2 Å². The minimum Gasteiger partial charge on any atom is -0.491 e. The molecule has 0 bridgehead atoms. The Kier molecular flexibility index (Phi) is 4.31. The van der Waals surface area contributed by atoms with Crippen molar-refractivity contribution in [2.45, 2.75) is 20.0 Å². The van der Waals surface area contributed by atoms with Crippen LogP contribution in [0, 0.1) is 0 Å². The third-order valence-electron chi connectivity index (χ3n) is 2.01. The van der Waals surface area contributed by atoms with Gasteiger partial charge in [-0.2, -0.15) is 0 Å². The van der Waals surface area contributed by atoms with Gasteiger partial charge in [0.1, 0.15) is 5.75 Å². The molecule has 0 radical (unpaired) electrons. The Morgan fingerprint density at radius 3 is 2.62 bits per heavy atom. The first-order chi connectivity index (χ1) is 7.54. The van der Waals surface area contributed by atoms with Gasteiger partial charge in [-0.15, -0.1) is 0 Å². The maximum atomic E-state index is 11.8. The minimum absolute atomic E-state index is 0.0884. The fraction of sp³-hybridized carbons (Fsp3) is 0.417. The molecule has 0 fully saturated rings. The summed E-state index contributed by atoms with van der Waals surface area (Å²) < 4.78 is 5.51. The lowest BCUT2D eigenvalue weighted by Gasteiger charge is -2.15. The van der Waals surface area contributed by atoms with Crippen LogP contribution < -0.4 is 4.74 Å². The van der Waals surface area contributed by atoms with Crippen LogP contribution in [0.25, 0.3) is 0 Å². The van der Waals surface area contributed by atoms with Crippen molar-refractivity contribution in [3.8, 4) is 5.75 Å². The summed E-state index contributed by atoms with van der Waals surface area (Å²) in [6.45, 7) is 3.88. The smallest absolute Gasteiger partial charge is 0.277 e. The van der Waals surface area contributed by atoms with Gasteiger partial charge >= 0.3 is 0 Å². The Labute approximate surface area is 95.7 Å². The van der Waals surface area contributed by atoms with E-state index in [9.17, 15) is 4.79 Å². The SMILES string of the molecule is CON(C)C(=O)c1cccc(OC(C)C)c1. The van der Waals surface area contributed by atoms with Crippen molar-refractivity contribution >= 4 is 5.91 Å². The maximum absolute atomic E-state index is 11.8.